The zero-order valence-electron chi connectivity index (χ0n) is 15.5. The summed E-state index contributed by atoms with van der Waals surface area (Å²) in [5.41, 5.74) is 1.97. The molecule has 0 spiro atoms. The molecule has 2 aromatic rings. The van der Waals surface area contributed by atoms with E-state index in [1.165, 1.54) is 0 Å². The Bertz CT molecular complexity index is 723. The normalized spacial score (nSPS) is 10.5. The summed E-state index contributed by atoms with van der Waals surface area (Å²) in [6.07, 6.45) is 0. The van der Waals surface area contributed by atoms with E-state index in [1.807, 2.05) is 49.4 Å². The molecule has 0 atom stereocenters. The molecular weight excluding hydrogens is 445 g/mol. The number of nitrogens with zero attached hydrogens (tertiary/aromatic N) is 1. The molecule has 2 rings (SSSR count). The standard InChI is InChI=1S/C19H25N3O3.HI/c1-5-25-18-12-15(9-10-17(18)24-4)22-19(20-2)21-13-14-7-6-8-16(11-14)23-3;/h6-12H,5,13H2,1-4H3,(H2,20,21,22);1H. The summed E-state index contributed by atoms with van der Waals surface area (Å²) >= 11 is 0. The zero-order chi connectivity index (χ0) is 18.1. The van der Waals surface area contributed by atoms with Crippen molar-refractivity contribution in [3.8, 4) is 17.2 Å². The molecule has 6 nitrogen and oxygen atoms in total. The van der Waals surface area contributed by atoms with Gasteiger partial charge in [0, 0.05) is 25.3 Å². The Kier molecular flexibility index (Phi) is 9.64. The molecule has 26 heavy (non-hydrogen) atoms. The van der Waals surface area contributed by atoms with Crippen LogP contribution in [0.5, 0.6) is 17.2 Å². The van der Waals surface area contributed by atoms with Gasteiger partial charge in [-0.15, -0.1) is 24.0 Å². The number of methoxy groups -OCH3 is 2. The second kappa shape index (κ2) is 11.5. The molecule has 0 aliphatic heterocycles. The van der Waals surface area contributed by atoms with Gasteiger partial charge in [0.1, 0.15) is 5.75 Å². The Morgan fingerprint density at radius 2 is 1.85 bits per heavy atom. The molecule has 142 valence electrons. The lowest BCUT2D eigenvalue weighted by atomic mass is 10.2. The SMILES string of the molecule is CCOc1cc(NC(=NC)NCc2cccc(OC)c2)ccc1OC.I. The first-order chi connectivity index (χ1) is 12.2. The summed E-state index contributed by atoms with van der Waals surface area (Å²) < 4.78 is 16.1. The third kappa shape index (κ3) is 6.29. The highest BCUT2D eigenvalue weighted by Crippen LogP contribution is 2.30. The van der Waals surface area contributed by atoms with E-state index in [0.717, 1.165) is 17.0 Å². The van der Waals surface area contributed by atoms with Gasteiger partial charge in [-0.3, -0.25) is 4.99 Å². The molecule has 0 saturated heterocycles. The third-order valence-electron chi connectivity index (χ3n) is 3.54. The van der Waals surface area contributed by atoms with Gasteiger partial charge < -0.3 is 24.8 Å². The fourth-order valence-electron chi connectivity index (χ4n) is 2.31. The average molecular weight is 471 g/mol. The number of anilines is 1. The van der Waals surface area contributed by atoms with Gasteiger partial charge in [-0.2, -0.15) is 0 Å². The van der Waals surface area contributed by atoms with Gasteiger partial charge >= 0.3 is 0 Å². The van der Waals surface area contributed by atoms with Crippen molar-refractivity contribution in [3.63, 3.8) is 0 Å². The highest BCUT2D eigenvalue weighted by Gasteiger charge is 2.07. The van der Waals surface area contributed by atoms with Crippen LogP contribution in [0.25, 0.3) is 0 Å². The molecule has 0 saturated carbocycles. The first-order valence-electron chi connectivity index (χ1n) is 8.11. The Labute approximate surface area is 172 Å². The molecule has 0 aliphatic carbocycles. The van der Waals surface area contributed by atoms with Gasteiger partial charge in [-0.25, -0.2) is 0 Å². The molecule has 2 N–H and O–H groups in total. The molecule has 7 heteroatoms. The van der Waals surface area contributed by atoms with Crippen molar-refractivity contribution >= 4 is 35.6 Å². The Morgan fingerprint density at radius 1 is 1.04 bits per heavy atom. The molecule has 0 unspecified atom stereocenters. The summed E-state index contributed by atoms with van der Waals surface area (Å²) in [4.78, 5) is 4.25. The number of aliphatic imine (C=N–C) groups is 1. The number of rotatable bonds is 7. The summed E-state index contributed by atoms with van der Waals surface area (Å²) in [7, 11) is 5.01. The van der Waals surface area contributed by atoms with Crippen LogP contribution in [-0.2, 0) is 6.54 Å². The van der Waals surface area contributed by atoms with Crippen molar-refractivity contribution < 1.29 is 14.2 Å². The van der Waals surface area contributed by atoms with Crippen molar-refractivity contribution in [2.24, 2.45) is 4.99 Å². The molecule has 2 aromatic carbocycles. The first-order valence-corrected chi connectivity index (χ1v) is 8.11. The Balaban J connectivity index is 0.00000338. The van der Waals surface area contributed by atoms with Crippen LogP contribution in [0, 0.1) is 0 Å². The molecule has 0 amide bonds. The van der Waals surface area contributed by atoms with E-state index >= 15 is 0 Å². The second-order valence-electron chi connectivity index (χ2n) is 5.20. The van der Waals surface area contributed by atoms with E-state index in [4.69, 9.17) is 14.2 Å². The van der Waals surface area contributed by atoms with Gasteiger partial charge in [0.15, 0.2) is 17.5 Å². The molecule has 0 fully saturated rings. The Hall–Kier alpha value is -2.16. The van der Waals surface area contributed by atoms with Crippen LogP contribution >= 0.6 is 24.0 Å². The summed E-state index contributed by atoms with van der Waals surface area (Å²) in [5.74, 6) is 2.89. The van der Waals surface area contributed by atoms with Crippen LogP contribution in [0.1, 0.15) is 12.5 Å². The molecule has 0 aromatic heterocycles. The zero-order valence-corrected chi connectivity index (χ0v) is 17.9. The van der Waals surface area contributed by atoms with Crippen LogP contribution in [0.3, 0.4) is 0 Å². The van der Waals surface area contributed by atoms with Crippen LogP contribution in [0.4, 0.5) is 5.69 Å². The van der Waals surface area contributed by atoms with Gasteiger partial charge in [0.25, 0.3) is 0 Å². The van der Waals surface area contributed by atoms with Crippen LogP contribution < -0.4 is 24.8 Å². The predicted molar refractivity (Wildman–Crippen MR) is 116 cm³/mol. The summed E-state index contributed by atoms with van der Waals surface area (Å²) in [6.45, 7) is 3.14. The average Bonchev–Trinajstić information content (AvgIpc) is 2.65. The number of benzene rings is 2. The fraction of sp³-hybridized carbons (Fsp3) is 0.316. The third-order valence-corrected chi connectivity index (χ3v) is 3.54. The van der Waals surface area contributed by atoms with Gasteiger partial charge in [-0.1, -0.05) is 12.1 Å². The minimum atomic E-state index is 0. The highest BCUT2D eigenvalue weighted by molar-refractivity contribution is 14.0. The van der Waals surface area contributed by atoms with Crippen molar-refractivity contribution in [1.82, 2.24) is 5.32 Å². The minimum absolute atomic E-state index is 0. The van der Waals surface area contributed by atoms with Crippen LogP contribution in [-0.4, -0.2) is 33.8 Å². The van der Waals surface area contributed by atoms with Crippen molar-refractivity contribution in [2.75, 3.05) is 33.2 Å². The van der Waals surface area contributed by atoms with Crippen molar-refractivity contribution in [3.05, 3.63) is 48.0 Å². The number of hydrogen-bond acceptors (Lipinski definition) is 4. The lowest BCUT2D eigenvalue weighted by Crippen LogP contribution is -2.30. The molecule has 0 bridgehead atoms. The Morgan fingerprint density at radius 3 is 2.50 bits per heavy atom. The van der Waals surface area contributed by atoms with Crippen molar-refractivity contribution in [1.29, 1.82) is 0 Å². The van der Waals surface area contributed by atoms with E-state index in [-0.39, 0.29) is 24.0 Å². The largest absolute Gasteiger partial charge is 0.497 e. The van der Waals surface area contributed by atoms with E-state index in [2.05, 4.69) is 15.6 Å². The number of ether oxygens (including phenoxy) is 3. The lowest BCUT2D eigenvalue weighted by molar-refractivity contribution is 0.311. The highest BCUT2D eigenvalue weighted by atomic mass is 127. The smallest absolute Gasteiger partial charge is 0.195 e. The predicted octanol–water partition coefficient (Wildman–Crippen LogP) is 3.91. The van der Waals surface area contributed by atoms with E-state index < -0.39 is 0 Å². The summed E-state index contributed by atoms with van der Waals surface area (Å²) in [5, 5.41) is 6.53. The van der Waals surface area contributed by atoms with Gasteiger partial charge in [0.2, 0.25) is 0 Å². The maximum atomic E-state index is 5.60. The van der Waals surface area contributed by atoms with Crippen molar-refractivity contribution in [2.45, 2.75) is 13.5 Å². The van der Waals surface area contributed by atoms with E-state index in [0.29, 0.717) is 30.6 Å². The van der Waals surface area contributed by atoms with E-state index in [9.17, 15) is 0 Å². The monoisotopic (exact) mass is 471 g/mol. The molecular formula is C19H26IN3O3. The van der Waals surface area contributed by atoms with Crippen LogP contribution in [0.2, 0.25) is 0 Å². The maximum Gasteiger partial charge on any atom is 0.195 e. The quantitative estimate of drug-likeness (QED) is 0.364. The maximum absolute atomic E-state index is 5.60. The number of hydrogen-bond donors (Lipinski definition) is 2. The topological polar surface area (TPSA) is 64.1 Å². The molecule has 0 radical (unpaired) electrons. The fourth-order valence-corrected chi connectivity index (χ4v) is 2.31. The first kappa shape index (κ1) is 21.9. The second-order valence-corrected chi connectivity index (χ2v) is 5.20. The summed E-state index contributed by atoms with van der Waals surface area (Å²) in [6, 6.07) is 13.6. The van der Waals surface area contributed by atoms with Gasteiger partial charge in [-0.05, 0) is 36.8 Å². The molecule has 0 heterocycles. The number of halogens is 1. The van der Waals surface area contributed by atoms with E-state index in [1.54, 1.807) is 21.3 Å². The van der Waals surface area contributed by atoms with Crippen LogP contribution in [0.15, 0.2) is 47.5 Å². The van der Waals surface area contributed by atoms with Gasteiger partial charge in [0.05, 0.1) is 20.8 Å². The number of guanidine groups is 1. The minimum Gasteiger partial charge on any atom is -0.497 e. The molecule has 0 aliphatic rings. The lowest BCUT2D eigenvalue weighted by Gasteiger charge is -2.15. The number of nitrogens with one attached hydrogen (secondary N) is 2.